The Morgan fingerprint density at radius 1 is 0.727 bits per heavy atom. The third-order valence-corrected chi connectivity index (χ3v) is 2.64. The van der Waals surface area contributed by atoms with Crippen LogP contribution in [-0.4, -0.2) is 79.0 Å². The Balaban J connectivity index is 2.98. The monoisotopic (exact) mass is 321 g/mol. The minimum atomic E-state index is -0.140. The van der Waals surface area contributed by atoms with Crippen LogP contribution in [-0.2, 0) is 28.5 Å². The second-order valence-electron chi connectivity index (χ2n) is 4.53. The molecule has 1 amide bonds. The number of likely N-dealkylation sites (N-methyl/N-ethyl adjacent to an activating group) is 1. The fraction of sp³-hybridized carbons (Fsp3) is 0.933. The highest BCUT2D eigenvalue weighted by Crippen LogP contribution is 1.88. The third-order valence-electron chi connectivity index (χ3n) is 2.64. The maximum atomic E-state index is 10.8. The van der Waals surface area contributed by atoms with E-state index in [1.807, 2.05) is 0 Å². The van der Waals surface area contributed by atoms with Crippen LogP contribution in [0.15, 0.2) is 0 Å². The zero-order valence-electron chi connectivity index (χ0n) is 13.9. The van der Waals surface area contributed by atoms with Crippen molar-refractivity contribution >= 4 is 5.91 Å². The first-order valence-corrected chi connectivity index (χ1v) is 7.90. The van der Waals surface area contributed by atoms with Gasteiger partial charge in [-0.05, 0) is 6.42 Å². The summed E-state index contributed by atoms with van der Waals surface area (Å²) in [6.45, 7) is 7.23. The highest BCUT2D eigenvalue weighted by Gasteiger charge is 1.97. The average Bonchev–Trinajstić information content (AvgIpc) is 2.54. The molecule has 0 aromatic rings. The highest BCUT2D eigenvalue weighted by atomic mass is 16.6. The minimum absolute atomic E-state index is 0.0653. The normalized spacial score (nSPS) is 10.8. The number of ether oxygens (including phenoxy) is 5. The standard InChI is InChI=1S/C15H31NO6/c1-3-4-5-18-6-7-19-8-9-20-10-11-21-12-13-22-14-15(17)16-2/h3-14H2,1-2H3,(H,16,17). The number of nitrogens with one attached hydrogen (secondary N) is 1. The molecule has 0 bridgehead atoms. The van der Waals surface area contributed by atoms with Gasteiger partial charge in [0, 0.05) is 13.7 Å². The lowest BCUT2D eigenvalue weighted by molar-refractivity contribution is -0.125. The summed E-state index contributed by atoms with van der Waals surface area (Å²) in [5.74, 6) is -0.140. The van der Waals surface area contributed by atoms with Gasteiger partial charge in [-0.2, -0.15) is 0 Å². The predicted molar refractivity (Wildman–Crippen MR) is 83.1 cm³/mol. The van der Waals surface area contributed by atoms with Crippen LogP contribution in [0.3, 0.4) is 0 Å². The van der Waals surface area contributed by atoms with E-state index in [-0.39, 0.29) is 12.5 Å². The van der Waals surface area contributed by atoms with Crippen molar-refractivity contribution in [2.45, 2.75) is 19.8 Å². The molecule has 0 saturated carbocycles. The van der Waals surface area contributed by atoms with Crippen LogP contribution in [0.5, 0.6) is 0 Å². The van der Waals surface area contributed by atoms with Gasteiger partial charge in [-0.3, -0.25) is 4.79 Å². The van der Waals surface area contributed by atoms with Crippen molar-refractivity contribution in [1.29, 1.82) is 0 Å². The summed E-state index contributed by atoms with van der Waals surface area (Å²) in [6.07, 6.45) is 2.25. The molecule has 7 heteroatoms. The molecular weight excluding hydrogens is 290 g/mol. The lowest BCUT2D eigenvalue weighted by atomic mass is 10.4. The van der Waals surface area contributed by atoms with Crippen molar-refractivity contribution in [3.05, 3.63) is 0 Å². The van der Waals surface area contributed by atoms with Crippen molar-refractivity contribution in [2.75, 3.05) is 73.1 Å². The molecule has 22 heavy (non-hydrogen) atoms. The van der Waals surface area contributed by atoms with Crippen molar-refractivity contribution in [3.63, 3.8) is 0 Å². The molecule has 0 rings (SSSR count). The van der Waals surface area contributed by atoms with E-state index in [9.17, 15) is 4.79 Å². The van der Waals surface area contributed by atoms with Gasteiger partial charge in [0.25, 0.3) is 0 Å². The molecule has 0 spiro atoms. The summed E-state index contributed by atoms with van der Waals surface area (Å²) < 4.78 is 26.4. The fourth-order valence-electron chi connectivity index (χ4n) is 1.36. The molecule has 0 aromatic carbocycles. The summed E-state index contributed by atoms with van der Waals surface area (Å²) in [6, 6.07) is 0. The average molecular weight is 321 g/mol. The maximum Gasteiger partial charge on any atom is 0.245 e. The predicted octanol–water partition coefficient (Wildman–Crippen LogP) is 0.616. The molecule has 0 heterocycles. The van der Waals surface area contributed by atoms with Gasteiger partial charge in [0.1, 0.15) is 6.61 Å². The number of carbonyl (C=O) groups is 1. The number of hydrogen-bond donors (Lipinski definition) is 1. The summed E-state index contributed by atoms with van der Waals surface area (Å²) in [5.41, 5.74) is 0. The van der Waals surface area contributed by atoms with Crippen LogP contribution in [0.25, 0.3) is 0 Å². The number of amides is 1. The topological polar surface area (TPSA) is 75.2 Å². The van der Waals surface area contributed by atoms with Gasteiger partial charge in [0.05, 0.1) is 52.9 Å². The summed E-state index contributed by atoms with van der Waals surface area (Å²) in [5, 5.41) is 2.47. The lowest BCUT2D eigenvalue weighted by Crippen LogP contribution is -2.24. The molecule has 0 fully saturated rings. The van der Waals surface area contributed by atoms with E-state index >= 15 is 0 Å². The summed E-state index contributed by atoms with van der Waals surface area (Å²) in [7, 11) is 1.57. The Labute approximate surface area is 133 Å². The summed E-state index contributed by atoms with van der Waals surface area (Å²) >= 11 is 0. The number of carbonyl (C=O) groups excluding carboxylic acids is 1. The Kier molecular flexibility index (Phi) is 17.7. The lowest BCUT2D eigenvalue weighted by Gasteiger charge is -2.07. The van der Waals surface area contributed by atoms with Crippen LogP contribution in [0.2, 0.25) is 0 Å². The molecule has 0 unspecified atom stereocenters. The molecule has 0 aliphatic carbocycles. The molecule has 0 aliphatic rings. The largest absolute Gasteiger partial charge is 0.379 e. The van der Waals surface area contributed by atoms with Gasteiger partial charge in [0.2, 0.25) is 5.91 Å². The Morgan fingerprint density at radius 2 is 1.14 bits per heavy atom. The number of rotatable bonds is 17. The van der Waals surface area contributed by atoms with Crippen LogP contribution in [0.1, 0.15) is 19.8 Å². The second-order valence-corrected chi connectivity index (χ2v) is 4.53. The van der Waals surface area contributed by atoms with Crippen molar-refractivity contribution in [1.82, 2.24) is 5.32 Å². The van der Waals surface area contributed by atoms with Gasteiger partial charge in [0.15, 0.2) is 0 Å². The third kappa shape index (κ3) is 17.3. The highest BCUT2D eigenvalue weighted by molar-refractivity contribution is 5.76. The molecular formula is C15H31NO6. The van der Waals surface area contributed by atoms with E-state index in [0.717, 1.165) is 19.4 Å². The Morgan fingerprint density at radius 3 is 1.55 bits per heavy atom. The van der Waals surface area contributed by atoms with Gasteiger partial charge < -0.3 is 29.0 Å². The van der Waals surface area contributed by atoms with Crippen LogP contribution in [0, 0.1) is 0 Å². The molecule has 0 radical (unpaired) electrons. The molecule has 0 aliphatic heterocycles. The first-order valence-electron chi connectivity index (χ1n) is 7.90. The number of unbranched alkanes of at least 4 members (excludes halogenated alkanes) is 1. The van der Waals surface area contributed by atoms with E-state index in [1.165, 1.54) is 0 Å². The fourth-order valence-corrected chi connectivity index (χ4v) is 1.36. The molecule has 7 nitrogen and oxygen atoms in total. The van der Waals surface area contributed by atoms with E-state index < -0.39 is 0 Å². The maximum absolute atomic E-state index is 10.8. The van der Waals surface area contributed by atoms with E-state index in [0.29, 0.717) is 52.9 Å². The Bertz CT molecular complexity index is 240. The Hall–Kier alpha value is -0.730. The van der Waals surface area contributed by atoms with Crippen LogP contribution < -0.4 is 5.32 Å². The first kappa shape index (κ1) is 21.3. The van der Waals surface area contributed by atoms with Crippen LogP contribution in [0.4, 0.5) is 0 Å². The van der Waals surface area contributed by atoms with Crippen molar-refractivity contribution < 1.29 is 28.5 Å². The minimum Gasteiger partial charge on any atom is -0.379 e. The second kappa shape index (κ2) is 18.3. The van der Waals surface area contributed by atoms with Gasteiger partial charge in [-0.25, -0.2) is 0 Å². The zero-order valence-corrected chi connectivity index (χ0v) is 13.9. The molecule has 0 atom stereocenters. The van der Waals surface area contributed by atoms with Gasteiger partial charge in [-0.1, -0.05) is 13.3 Å². The van der Waals surface area contributed by atoms with Crippen molar-refractivity contribution in [2.24, 2.45) is 0 Å². The van der Waals surface area contributed by atoms with Gasteiger partial charge in [-0.15, -0.1) is 0 Å². The molecule has 132 valence electrons. The molecule has 0 saturated heterocycles. The van der Waals surface area contributed by atoms with Crippen molar-refractivity contribution in [3.8, 4) is 0 Å². The van der Waals surface area contributed by atoms with Gasteiger partial charge >= 0.3 is 0 Å². The number of hydrogen-bond acceptors (Lipinski definition) is 6. The SMILES string of the molecule is CCCCOCCOCCOCCOCCOCC(=O)NC. The van der Waals surface area contributed by atoms with E-state index in [1.54, 1.807) is 7.05 Å². The zero-order chi connectivity index (χ0) is 16.3. The summed E-state index contributed by atoms with van der Waals surface area (Å²) in [4.78, 5) is 10.8. The first-order chi connectivity index (χ1) is 10.8. The smallest absolute Gasteiger partial charge is 0.245 e. The van der Waals surface area contributed by atoms with Crippen LogP contribution >= 0.6 is 0 Å². The molecule has 0 aromatic heterocycles. The van der Waals surface area contributed by atoms with E-state index in [2.05, 4.69) is 12.2 Å². The molecule has 1 N–H and O–H groups in total. The quantitative estimate of drug-likeness (QED) is 0.396. The van der Waals surface area contributed by atoms with E-state index in [4.69, 9.17) is 23.7 Å².